The highest BCUT2D eigenvalue weighted by atomic mass is 19.4. The third kappa shape index (κ3) is 7.12. The van der Waals surface area contributed by atoms with Crippen molar-refractivity contribution in [1.82, 2.24) is 10.2 Å². The summed E-state index contributed by atoms with van der Waals surface area (Å²) in [5, 5.41) is 2.45. The number of alkyl halides is 3. The van der Waals surface area contributed by atoms with Crippen LogP contribution in [0.1, 0.15) is 39.7 Å². The Morgan fingerprint density at radius 1 is 1.11 bits per heavy atom. The lowest BCUT2D eigenvalue weighted by atomic mass is 9.92. The highest BCUT2D eigenvalue weighted by Crippen LogP contribution is 2.43. The van der Waals surface area contributed by atoms with E-state index < -0.39 is 65.6 Å². The largest absolute Gasteiger partial charge is 0.465 e. The van der Waals surface area contributed by atoms with Gasteiger partial charge >= 0.3 is 24.2 Å². The highest BCUT2D eigenvalue weighted by Gasteiger charge is 2.65. The van der Waals surface area contributed by atoms with Gasteiger partial charge in [-0.2, -0.15) is 13.2 Å². The number of rotatable bonds is 9. The van der Waals surface area contributed by atoms with Crippen LogP contribution in [0.25, 0.3) is 0 Å². The van der Waals surface area contributed by atoms with Gasteiger partial charge in [-0.05, 0) is 27.7 Å². The number of methoxy groups -OCH3 is 1. The van der Waals surface area contributed by atoms with E-state index in [0.29, 0.717) is 7.11 Å². The van der Waals surface area contributed by atoms with E-state index in [-0.39, 0.29) is 19.6 Å². The summed E-state index contributed by atoms with van der Waals surface area (Å²) in [6.45, 7) is 5.73. The average molecular weight is 533 g/mol. The number of carbonyl (C=O) groups is 4. The maximum atomic E-state index is 14.2. The quantitative estimate of drug-likeness (QED) is 0.381. The molecule has 3 atom stereocenters. The first-order chi connectivity index (χ1) is 17.2. The first-order valence-corrected chi connectivity index (χ1v) is 11.5. The third-order valence-electron chi connectivity index (χ3n) is 5.39. The number of ether oxygens (including phenoxy) is 4. The summed E-state index contributed by atoms with van der Waals surface area (Å²) in [5.74, 6) is -3.54. The van der Waals surface area contributed by atoms with Crippen LogP contribution in [-0.2, 0) is 38.9 Å². The summed E-state index contributed by atoms with van der Waals surface area (Å²) in [5.41, 5.74) is -4.84. The summed E-state index contributed by atoms with van der Waals surface area (Å²) in [6, 6.07) is 5.25. The number of esters is 2. The highest BCUT2D eigenvalue weighted by molar-refractivity contribution is 5.91. The number of nitrogens with zero attached hydrogens (tertiary/aromatic N) is 1. The Balaban J connectivity index is 2.29. The van der Waals surface area contributed by atoms with E-state index in [9.17, 15) is 32.3 Å². The average Bonchev–Trinajstić information content (AvgIpc) is 3.06. The number of nitrogens with one attached hydrogen (secondary N) is 1. The Kier molecular flexibility index (Phi) is 9.53. The van der Waals surface area contributed by atoms with Crippen LogP contribution in [0, 0.1) is 0 Å². The molecule has 0 spiro atoms. The maximum Gasteiger partial charge on any atom is 0.432 e. The predicted octanol–water partition coefficient (Wildman–Crippen LogP) is 2.69. The van der Waals surface area contributed by atoms with Gasteiger partial charge in [-0.3, -0.25) is 9.59 Å². The van der Waals surface area contributed by atoms with Gasteiger partial charge in [0.15, 0.2) is 6.10 Å². The number of alkyl carbamates (subject to hydrolysis) is 1. The van der Waals surface area contributed by atoms with E-state index in [1.54, 1.807) is 27.7 Å². The van der Waals surface area contributed by atoms with Gasteiger partial charge in [-0.15, -0.1) is 0 Å². The van der Waals surface area contributed by atoms with E-state index in [0.717, 1.165) is 17.0 Å². The molecule has 1 aromatic carbocycles. The lowest BCUT2D eigenvalue weighted by molar-refractivity contribution is -0.277. The molecule has 10 nitrogen and oxygen atoms in total. The molecular weight excluding hydrogens is 501 g/mol. The van der Waals surface area contributed by atoms with E-state index in [2.05, 4.69) is 5.32 Å². The van der Waals surface area contributed by atoms with Gasteiger partial charge in [0.05, 0.1) is 12.6 Å². The van der Waals surface area contributed by atoms with Gasteiger partial charge < -0.3 is 29.2 Å². The Hall–Kier alpha value is -3.35. The van der Waals surface area contributed by atoms with Crippen LogP contribution in [0.5, 0.6) is 0 Å². The molecule has 0 radical (unpaired) electrons. The van der Waals surface area contributed by atoms with Gasteiger partial charge in [0.1, 0.15) is 12.1 Å². The topological polar surface area (TPSA) is 120 Å². The minimum absolute atomic E-state index is 0.0269. The molecule has 0 aromatic heterocycles. The number of amides is 2. The summed E-state index contributed by atoms with van der Waals surface area (Å²) in [7, 11) is 0.707. The van der Waals surface area contributed by atoms with Crippen LogP contribution < -0.4 is 5.32 Å². The van der Waals surface area contributed by atoms with Crippen molar-refractivity contribution in [3.8, 4) is 0 Å². The molecule has 37 heavy (non-hydrogen) atoms. The Morgan fingerprint density at radius 2 is 1.73 bits per heavy atom. The zero-order valence-corrected chi connectivity index (χ0v) is 21.2. The number of hydrogen-bond donors (Lipinski definition) is 1. The molecule has 1 aliphatic rings. The second-order valence-electron chi connectivity index (χ2n) is 9.19. The minimum Gasteiger partial charge on any atom is -0.465 e. The fraction of sp³-hybridized carbons (Fsp3) is 0.583. The normalized spacial score (nSPS) is 19.7. The molecule has 1 heterocycles. The minimum atomic E-state index is -5.23. The van der Waals surface area contributed by atoms with Crippen LogP contribution >= 0.6 is 0 Å². The van der Waals surface area contributed by atoms with E-state index in [4.69, 9.17) is 18.9 Å². The number of benzene rings is 1. The maximum absolute atomic E-state index is 14.2. The van der Waals surface area contributed by atoms with Gasteiger partial charge in [0, 0.05) is 25.6 Å². The van der Waals surface area contributed by atoms with Crippen LogP contribution in [0.3, 0.4) is 0 Å². The zero-order valence-electron chi connectivity index (χ0n) is 21.2. The lowest BCUT2D eigenvalue weighted by Gasteiger charge is -2.33. The molecule has 13 heteroatoms. The van der Waals surface area contributed by atoms with Crippen molar-refractivity contribution in [2.45, 2.75) is 63.6 Å². The van der Waals surface area contributed by atoms with Crippen LogP contribution in [0.2, 0.25) is 0 Å². The van der Waals surface area contributed by atoms with E-state index in [1.165, 1.54) is 18.2 Å². The lowest BCUT2D eigenvalue weighted by Crippen LogP contribution is -2.53. The number of hydrogen-bond acceptors (Lipinski definition) is 8. The molecule has 1 fully saturated rings. The molecule has 206 valence electrons. The zero-order chi connectivity index (χ0) is 28.0. The molecule has 1 aromatic rings. The monoisotopic (exact) mass is 532 g/mol. The Morgan fingerprint density at radius 3 is 2.24 bits per heavy atom. The molecule has 2 amide bonds. The van der Waals surface area contributed by atoms with Gasteiger partial charge in [0.25, 0.3) is 11.5 Å². The smallest absolute Gasteiger partial charge is 0.432 e. The van der Waals surface area contributed by atoms with Crippen molar-refractivity contribution in [1.29, 1.82) is 0 Å². The standard InChI is InChI=1S/C24H31F3N2O8/c1-6-35-18(30)14-29-16(13-28-21(33)37-22(2,3)4)12-17(19(29)31)36-20(32)23(34-5,24(25,26)27)15-10-8-7-9-11-15/h7-11,16-17H,6,12-14H2,1-5H3,(H,28,33)/t16-,17+,23-/m1/s1. The second-order valence-corrected chi connectivity index (χ2v) is 9.19. The van der Waals surface area contributed by atoms with Crippen molar-refractivity contribution in [2.24, 2.45) is 0 Å². The molecule has 0 unspecified atom stereocenters. The third-order valence-corrected chi connectivity index (χ3v) is 5.39. The molecule has 0 saturated carbocycles. The Bertz CT molecular complexity index is 980. The molecule has 1 aliphatic heterocycles. The molecular formula is C24H31F3N2O8. The molecule has 1 saturated heterocycles. The van der Waals surface area contributed by atoms with Gasteiger partial charge in [-0.25, -0.2) is 9.59 Å². The summed E-state index contributed by atoms with van der Waals surface area (Å²) >= 11 is 0. The van der Waals surface area contributed by atoms with Gasteiger partial charge in [-0.1, -0.05) is 30.3 Å². The first kappa shape index (κ1) is 29.9. The fourth-order valence-corrected chi connectivity index (χ4v) is 3.80. The van der Waals surface area contributed by atoms with Crippen LogP contribution in [0.15, 0.2) is 30.3 Å². The second kappa shape index (κ2) is 11.8. The van der Waals surface area contributed by atoms with E-state index in [1.807, 2.05) is 0 Å². The predicted molar refractivity (Wildman–Crippen MR) is 122 cm³/mol. The summed E-state index contributed by atoms with van der Waals surface area (Å²) in [6.07, 6.45) is -8.01. The van der Waals surface area contributed by atoms with Crippen molar-refractivity contribution < 1.29 is 51.3 Å². The fourth-order valence-electron chi connectivity index (χ4n) is 3.80. The molecule has 0 aliphatic carbocycles. The van der Waals surface area contributed by atoms with Crippen molar-refractivity contribution in [2.75, 3.05) is 26.8 Å². The van der Waals surface area contributed by atoms with Crippen LogP contribution in [-0.4, -0.2) is 79.6 Å². The number of likely N-dealkylation sites (tertiary alicyclic amines) is 1. The van der Waals surface area contributed by atoms with Crippen molar-refractivity contribution >= 4 is 23.9 Å². The molecule has 0 bridgehead atoms. The van der Waals surface area contributed by atoms with Gasteiger partial charge in [0.2, 0.25) is 0 Å². The SMILES string of the molecule is CCOC(=O)CN1C(=O)[C@@H](OC(=O)[C@](OC)(c2ccccc2)C(F)(F)F)C[C@@H]1CNC(=O)OC(C)(C)C. The summed E-state index contributed by atoms with van der Waals surface area (Å²) in [4.78, 5) is 51.1. The van der Waals surface area contributed by atoms with Crippen LogP contribution in [0.4, 0.5) is 18.0 Å². The van der Waals surface area contributed by atoms with Crippen molar-refractivity contribution in [3.63, 3.8) is 0 Å². The first-order valence-electron chi connectivity index (χ1n) is 11.5. The van der Waals surface area contributed by atoms with Crippen molar-refractivity contribution in [3.05, 3.63) is 35.9 Å². The molecule has 2 rings (SSSR count). The van der Waals surface area contributed by atoms with E-state index >= 15 is 0 Å². The summed E-state index contributed by atoms with van der Waals surface area (Å²) < 4.78 is 62.4. The Labute approximate surface area is 212 Å². The number of carbonyl (C=O) groups excluding carboxylic acids is 4. The molecule has 1 N–H and O–H groups in total. The number of halogens is 3.